The van der Waals surface area contributed by atoms with Gasteiger partial charge in [-0.3, -0.25) is 9.59 Å². The molecule has 2 N–H and O–H groups in total. The second-order valence-electron chi connectivity index (χ2n) is 5.45. The van der Waals surface area contributed by atoms with Gasteiger partial charge in [0.05, 0.1) is 5.75 Å². The first-order valence-corrected chi connectivity index (χ1v) is 9.07. The number of carbonyl (C=O) groups excluding carboxylic acids is 2. The van der Waals surface area contributed by atoms with Crippen LogP contribution in [0.1, 0.15) is 31.9 Å². The fourth-order valence-corrected chi connectivity index (χ4v) is 2.38. The van der Waals surface area contributed by atoms with E-state index in [0.717, 1.165) is 6.26 Å². The summed E-state index contributed by atoms with van der Waals surface area (Å²) in [5.41, 5.74) is 0.647. The molecule has 0 aliphatic carbocycles. The third-order valence-corrected chi connectivity index (χ3v) is 3.78. The van der Waals surface area contributed by atoms with Gasteiger partial charge in [0.2, 0.25) is 11.8 Å². The minimum atomic E-state index is -3.22. The Morgan fingerprint density at radius 1 is 1.09 bits per heavy atom. The van der Waals surface area contributed by atoms with Gasteiger partial charge in [0.25, 0.3) is 0 Å². The van der Waals surface area contributed by atoms with Gasteiger partial charge in [-0.25, -0.2) is 8.42 Å². The average molecular weight is 326 g/mol. The number of sulfone groups is 1. The van der Waals surface area contributed by atoms with E-state index in [1.54, 1.807) is 24.3 Å². The van der Waals surface area contributed by atoms with E-state index in [4.69, 9.17) is 0 Å². The van der Waals surface area contributed by atoms with Crippen molar-refractivity contribution < 1.29 is 18.0 Å². The van der Waals surface area contributed by atoms with Crippen LogP contribution in [-0.4, -0.2) is 38.3 Å². The van der Waals surface area contributed by atoms with Crippen molar-refractivity contribution in [3.63, 3.8) is 0 Å². The lowest BCUT2D eigenvalue weighted by atomic mass is 10.1. The minimum Gasteiger partial charge on any atom is -0.352 e. The summed E-state index contributed by atoms with van der Waals surface area (Å²) in [5, 5.41) is 5.34. The summed E-state index contributed by atoms with van der Waals surface area (Å²) in [6.07, 6.45) is 0.900. The van der Waals surface area contributed by atoms with E-state index in [0.29, 0.717) is 5.56 Å². The third kappa shape index (κ3) is 6.71. The van der Waals surface area contributed by atoms with Gasteiger partial charge in [-0.2, -0.15) is 0 Å². The molecule has 0 aliphatic heterocycles. The highest BCUT2D eigenvalue weighted by molar-refractivity contribution is 7.90. The molecule has 1 rings (SSSR count). The first kappa shape index (κ1) is 18.2. The van der Waals surface area contributed by atoms with Crippen LogP contribution in [-0.2, 0) is 19.4 Å². The van der Waals surface area contributed by atoms with Crippen molar-refractivity contribution in [1.82, 2.24) is 10.6 Å². The summed E-state index contributed by atoms with van der Waals surface area (Å²) < 4.78 is 22.2. The van der Waals surface area contributed by atoms with Crippen LogP contribution in [0.4, 0.5) is 0 Å². The number of rotatable bonds is 7. The summed E-state index contributed by atoms with van der Waals surface area (Å²) in [4.78, 5) is 24.2. The Balaban J connectivity index is 2.83. The average Bonchev–Trinajstić information content (AvgIpc) is 2.42. The van der Waals surface area contributed by atoms with E-state index >= 15 is 0 Å². The molecule has 0 aromatic heterocycles. The fraction of sp³-hybridized carbons (Fsp3) is 0.467. The molecule has 0 spiro atoms. The zero-order valence-electron chi connectivity index (χ0n) is 13.0. The zero-order valence-corrected chi connectivity index (χ0v) is 13.8. The molecule has 0 saturated heterocycles. The second-order valence-corrected chi connectivity index (χ2v) is 7.71. The highest BCUT2D eigenvalue weighted by Crippen LogP contribution is 2.13. The summed E-state index contributed by atoms with van der Waals surface area (Å²) in [6.45, 7) is 3.65. The van der Waals surface area contributed by atoms with Gasteiger partial charge in [0.15, 0.2) is 0 Å². The Bertz CT molecular complexity index is 612. The van der Waals surface area contributed by atoms with Crippen molar-refractivity contribution in [1.29, 1.82) is 0 Å². The van der Waals surface area contributed by atoms with E-state index < -0.39 is 21.8 Å². The van der Waals surface area contributed by atoms with Crippen LogP contribution in [0.2, 0.25) is 0 Å². The molecule has 22 heavy (non-hydrogen) atoms. The second kappa shape index (κ2) is 7.93. The molecular weight excluding hydrogens is 304 g/mol. The van der Waals surface area contributed by atoms with Gasteiger partial charge >= 0.3 is 0 Å². The van der Waals surface area contributed by atoms with E-state index in [-0.39, 0.29) is 24.1 Å². The van der Waals surface area contributed by atoms with Crippen molar-refractivity contribution >= 4 is 21.7 Å². The molecule has 0 fully saturated rings. The first-order valence-electron chi connectivity index (χ1n) is 7.01. The number of carbonyl (C=O) groups is 2. The molecular formula is C15H22N2O4S. The largest absolute Gasteiger partial charge is 0.352 e. The fourth-order valence-electron chi connectivity index (χ4n) is 1.82. The molecule has 2 amide bonds. The van der Waals surface area contributed by atoms with Crippen molar-refractivity contribution in [3.05, 3.63) is 35.9 Å². The molecule has 7 heteroatoms. The maximum absolute atomic E-state index is 12.2. The number of hydrogen-bond donors (Lipinski definition) is 2. The summed E-state index contributed by atoms with van der Waals surface area (Å²) in [5.74, 6) is -1.04. The van der Waals surface area contributed by atoms with Gasteiger partial charge < -0.3 is 10.6 Å². The molecule has 1 aromatic carbocycles. The zero-order chi connectivity index (χ0) is 16.8. The van der Waals surface area contributed by atoms with Crippen LogP contribution in [0.5, 0.6) is 0 Å². The normalized spacial score (nSPS) is 12.7. The monoisotopic (exact) mass is 326 g/mol. The van der Waals surface area contributed by atoms with Crippen LogP contribution >= 0.6 is 0 Å². The summed E-state index contributed by atoms with van der Waals surface area (Å²) in [7, 11) is -3.22. The van der Waals surface area contributed by atoms with E-state index in [9.17, 15) is 18.0 Å². The molecule has 6 nitrogen and oxygen atoms in total. The van der Waals surface area contributed by atoms with Gasteiger partial charge in [0.1, 0.15) is 15.9 Å². The maximum atomic E-state index is 12.2. The van der Waals surface area contributed by atoms with Crippen LogP contribution in [0.25, 0.3) is 0 Å². The SMILES string of the molecule is CC(C)NC(=O)C(NC(=O)CCS(C)(=O)=O)c1ccccc1. The molecule has 0 radical (unpaired) electrons. The Morgan fingerprint density at radius 2 is 1.68 bits per heavy atom. The Hall–Kier alpha value is -1.89. The smallest absolute Gasteiger partial charge is 0.247 e. The summed E-state index contributed by atoms with van der Waals surface area (Å²) in [6, 6.07) is 7.93. The quantitative estimate of drug-likeness (QED) is 0.775. The molecule has 0 heterocycles. The van der Waals surface area contributed by atoms with Crippen molar-refractivity contribution in [2.45, 2.75) is 32.4 Å². The van der Waals surface area contributed by atoms with Crippen LogP contribution in [0.15, 0.2) is 30.3 Å². The highest BCUT2D eigenvalue weighted by Gasteiger charge is 2.23. The van der Waals surface area contributed by atoms with E-state index in [1.807, 2.05) is 19.9 Å². The molecule has 0 saturated carbocycles. The standard InChI is InChI=1S/C15H22N2O4S/c1-11(2)16-15(19)14(12-7-5-4-6-8-12)17-13(18)9-10-22(3,20)21/h4-8,11,14H,9-10H2,1-3H3,(H,16,19)(H,17,18). The molecule has 1 aromatic rings. The van der Waals surface area contributed by atoms with Gasteiger partial charge in [-0.15, -0.1) is 0 Å². The predicted molar refractivity (Wildman–Crippen MR) is 84.9 cm³/mol. The first-order chi connectivity index (χ1) is 10.2. The Labute approximate surface area is 131 Å². The van der Waals surface area contributed by atoms with Crippen LogP contribution in [0, 0.1) is 0 Å². The van der Waals surface area contributed by atoms with Gasteiger partial charge in [-0.05, 0) is 19.4 Å². The van der Waals surface area contributed by atoms with Crippen molar-refractivity contribution in [2.24, 2.45) is 0 Å². The van der Waals surface area contributed by atoms with Crippen LogP contribution in [0.3, 0.4) is 0 Å². The number of benzene rings is 1. The molecule has 1 atom stereocenters. The topological polar surface area (TPSA) is 92.3 Å². The molecule has 0 aliphatic rings. The highest BCUT2D eigenvalue weighted by atomic mass is 32.2. The lowest BCUT2D eigenvalue weighted by Gasteiger charge is -2.20. The Morgan fingerprint density at radius 3 is 2.18 bits per heavy atom. The van der Waals surface area contributed by atoms with E-state index in [2.05, 4.69) is 10.6 Å². The van der Waals surface area contributed by atoms with Crippen LogP contribution < -0.4 is 10.6 Å². The van der Waals surface area contributed by atoms with Gasteiger partial charge in [0, 0.05) is 18.7 Å². The molecule has 1 unspecified atom stereocenters. The maximum Gasteiger partial charge on any atom is 0.247 e. The Kier molecular flexibility index (Phi) is 6.55. The van der Waals surface area contributed by atoms with E-state index in [1.165, 1.54) is 0 Å². The van der Waals surface area contributed by atoms with Crippen molar-refractivity contribution in [2.75, 3.05) is 12.0 Å². The summed E-state index contributed by atoms with van der Waals surface area (Å²) >= 11 is 0. The number of amides is 2. The number of hydrogen-bond acceptors (Lipinski definition) is 4. The number of nitrogens with one attached hydrogen (secondary N) is 2. The molecule has 0 bridgehead atoms. The third-order valence-electron chi connectivity index (χ3n) is 2.83. The van der Waals surface area contributed by atoms with Gasteiger partial charge in [-0.1, -0.05) is 30.3 Å². The minimum absolute atomic E-state index is 0.0633. The predicted octanol–water partition coefficient (Wildman–Crippen LogP) is 0.803. The molecule has 122 valence electrons. The lowest BCUT2D eigenvalue weighted by Crippen LogP contribution is -2.43. The lowest BCUT2D eigenvalue weighted by molar-refractivity contribution is -0.129. The van der Waals surface area contributed by atoms with Crippen molar-refractivity contribution in [3.8, 4) is 0 Å².